The summed E-state index contributed by atoms with van der Waals surface area (Å²) >= 11 is 0. The number of nitrogens with two attached hydrogens (primary N) is 1. The number of rotatable bonds is 3. The fourth-order valence-corrected chi connectivity index (χ4v) is 1.93. The molecule has 2 aromatic heterocycles. The van der Waals surface area contributed by atoms with Crippen LogP contribution in [0.25, 0.3) is 0 Å². The van der Waals surface area contributed by atoms with Crippen molar-refractivity contribution in [2.45, 2.75) is 31.7 Å². The molecule has 2 heterocycles. The summed E-state index contributed by atoms with van der Waals surface area (Å²) in [6.45, 7) is 1.93. The maximum Gasteiger partial charge on any atom is 0.229 e. The van der Waals surface area contributed by atoms with E-state index in [0.717, 1.165) is 30.0 Å². The van der Waals surface area contributed by atoms with Gasteiger partial charge in [-0.25, -0.2) is 0 Å². The van der Waals surface area contributed by atoms with Crippen LogP contribution in [0.3, 0.4) is 0 Å². The van der Waals surface area contributed by atoms with Gasteiger partial charge >= 0.3 is 0 Å². The lowest BCUT2D eigenvalue weighted by Crippen LogP contribution is -2.14. The maximum absolute atomic E-state index is 6.13. The molecule has 1 atom stereocenters. The van der Waals surface area contributed by atoms with Crippen LogP contribution in [0.5, 0.6) is 0 Å². The summed E-state index contributed by atoms with van der Waals surface area (Å²) in [4.78, 5) is 4.36. The van der Waals surface area contributed by atoms with Gasteiger partial charge in [-0.15, -0.1) is 0 Å². The largest absolute Gasteiger partial charge is 0.339 e. The second-order valence-corrected chi connectivity index (χ2v) is 4.59. The molecule has 0 bridgehead atoms. The molecular formula is C11H15N5O. The Balaban J connectivity index is 1.89. The molecule has 90 valence electrons. The van der Waals surface area contributed by atoms with Crippen LogP contribution >= 0.6 is 0 Å². The van der Waals surface area contributed by atoms with E-state index in [1.54, 1.807) is 4.68 Å². The van der Waals surface area contributed by atoms with Crippen LogP contribution in [0, 0.1) is 6.92 Å². The third kappa shape index (κ3) is 1.84. The third-order valence-corrected chi connectivity index (χ3v) is 3.05. The number of aryl methyl sites for hydroxylation is 2. The molecule has 0 amide bonds. The van der Waals surface area contributed by atoms with Gasteiger partial charge < -0.3 is 10.3 Å². The van der Waals surface area contributed by atoms with E-state index in [0.29, 0.717) is 11.7 Å². The van der Waals surface area contributed by atoms with Crippen LogP contribution in [-0.2, 0) is 7.05 Å². The Hall–Kier alpha value is -1.69. The standard InChI is InChI=1S/C11H15N5O/c1-6-8(5-16(2)14-6)9(12)10-13-11(17-15-10)7-3-4-7/h5,7,9H,3-4,12H2,1-2H3. The third-order valence-electron chi connectivity index (χ3n) is 3.05. The highest BCUT2D eigenvalue weighted by Crippen LogP contribution is 2.39. The molecule has 0 aromatic carbocycles. The molecule has 3 rings (SSSR count). The minimum absolute atomic E-state index is 0.361. The highest BCUT2D eigenvalue weighted by molar-refractivity contribution is 5.25. The molecule has 2 N–H and O–H groups in total. The van der Waals surface area contributed by atoms with Crippen molar-refractivity contribution in [1.82, 2.24) is 19.9 Å². The highest BCUT2D eigenvalue weighted by atomic mass is 16.5. The first-order valence-corrected chi connectivity index (χ1v) is 5.74. The van der Waals surface area contributed by atoms with E-state index in [2.05, 4.69) is 15.2 Å². The molecule has 0 radical (unpaired) electrons. The van der Waals surface area contributed by atoms with Crippen LogP contribution < -0.4 is 5.73 Å². The molecule has 1 fully saturated rings. The van der Waals surface area contributed by atoms with Gasteiger partial charge in [-0.3, -0.25) is 4.68 Å². The summed E-state index contributed by atoms with van der Waals surface area (Å²) in [5.74, 6) is 1.72. The summed E-state index contributed by atoms with van der Waals surface area (Å²) in [5.41, 5.74) is 7.97. The van der Waals surface area contributed by atoms with Crippen molar-refractivity contribution in [3.05, 3.63) is 29.2 Å². The Morgan fingerprint density at radius 2 is 2.29 bits per heavy atom. The predicted molar refractivity (Wildman–Crippen MR) is 60.2 cm³/mol. The van der Waals surface area contributed by atoms with Gasteiger partial charge in [0.05, 0.1) is 11.7 Å². The van der Waals surface area contributed by atoms with Crippen molar-refractivity contribution in [2.24, 2.45) is 12.8 Å². The fourth-order valence-electron chi connectivity index (χ4n) is 1.93. The van der Waals surface area contributed by atoms with Crippen molar-refractivity contribution in [3.63, 3.8) is 0 Å². The minimum atomic E-state index is -0.361. The summed E-state index contributed by atoms with van der Waals surface area (Å²) in [5, 5.41) is 8.22. The molecular weight excluding hydrogens is 218 g/mol. The van der Waals surface area contributed by atoms with Crippen molar-refractivity contribution in [2.75, 3.05) is 0 Å². The average Bonchev–Trinajstić information content (AvgIpc) is 2.92. The van der Waals surface area contributed by atoms with Gasteiger partial charge in [-0.05, 0) is 19.8 Å². The molecule has 1 aliphatic carbocycles. The van der Waals surface area contributed by atoms with Gasteiger partial charge in [0.15, 0.2) is 5.82 Å². The second kappa shape index (κ2) is 3.66. The minimum Gasteiger partial charge on any atom is -0.339 e. The first-order valence-electron chi connectivity index (χ1n) is 5.74. The molecule has 2 aromatic rings. The fraction of sp³-hybridized carbons (Fsp3) is 0.545. The predicted octanol–water partition coefficient (Wildman–Crippen LogP) is 1.04. The zero-order valence-corrected chi connectivity index (χ0v) is 9.92. The van der Waals surface area contributed by atoms with E-state index in [9.17, 15) is 0 Å². The SMILES string of the molecule is Cc1nn(C)cc1C(N)c1noc(C2CC2)n1. The van der Waals surface area contributed by atoms with Crippen molar-refractivity contribution >= 4 is 0 Å². The Morgan fingerprint density at radius 3 is 2.88 bits per heavy atom. The van der Waals surface area contributed by atoms with Gasteiger partial charge in [0, 0.05) is 24.7 Å². The first-order chi connectivity index (χ1) is 8.15. The van der Waals surface area contributed by atoms with E-state index >= 15 is 0 Å². The van der Waals surface area contributed by atoms with E-state index in [1.165, 1.54) is 0 Å². The van der Waals surface area contributed by atoms with Crippen LogP contribution in [-0.4, -0.2) is 19.9 Å². The molecule has 0 saturated heterocycles. The van der Waals surface area contributed by atoms with Crippen LogP contribution in [0.15, 0.2) is 10.7 Å². The molecule has 1 aliphatic rings. The van der Waals surface area contributed by atoms with Gasteiger partial charge in [0.1, 0.15) is 0 Å². The van der Waals surface area contributed by atoms with Crippen molar-refractivity contribution in [1.29, 1.82) is 0 Å². The second-order valence-electron chi connectivity index (χ2n) is 4.59. The van der Waals surface area contributed by atoms with Crippen LogP contribution in [0.2, 0.25) is 0 Å². The molecule has 1 unspecified atom stereocenters. The van der Waals surface area contributed by atoms with Crippen molar-refractivity contribution in [3.8, 4) is 0 Å². The van der Waals surface area contributed by atoms with Gasteiger partial charge in [-0.1, -0.05) is 5.16 Å². The van der Waals surface area contributed by atoms with Gasteiger partial charge in [-0.2, -0.15) is 10.1 Å². The zero-order chi connectivity index (χ0) is 12.0. The lowest BCUT2D eigenvalue weighted by atomic mass is 10.1. The lowest BCUT2D eigenvalue weighted by molar-refractivity contribution is 0.372. The van der Waals surface area contributed by atoms with Gasteiger partial charge in [0.2, 0.25) is 5.89 Å². The molecule has 0 spiro atoms. The molecule has 1 saturated carbocycles. The molecule has 17 heavy (non-hydrogen) atoms. The van der Waals surface area contributed by atoms with E-state index in [-0.39, 0.29) is 6.04 Å². The summed E-state index contributed by atoms with van der Waals surface area (Å²) in [7, 11) is 1.87. The Labute approximate surface area is 98.8 Å². The zero-order valence-electron chi connectivity index (χ0n) is 9.92. The molecule has 6 nitrogen and oxygen atoms in total. The van der Waals surface area contributed by atoms with Crippen LogP contribution in [0.4, 0.5) is 0 Å². The monoisotopic (exact) mass is 233 g/mol. The van der Waals surface area contributed by atoms with Gasteiger partial charge in [0.25, 0.3) is 0 Å². The summed E-state index contributed by atoms with van der Waals surface area (Å²) < 4.78 is 6.95. The Bertz CT molecular complexity index is 540. The first kappa shape index (κ1) is 10.5. The summed E-state index contributed by atoms with van der Waals surface area (Å²) in [6.07, 6.45) is 4.18. The molecule has 0 aliphatic heterocycles. The topological polar surface area (TPSA) is 82.8 Å². The normalized spacial score (nSPS) is 17.4. The Morgan fingerprint density at radius 1 is 1.53 bits per heavy atom. The number of hydrogen-bond acceptors (Lipinski definition) is 5. The highest BCUT2D eigenvalue weighted by Gasteiger charge is 2.31. The average molecular weight is 233 g/mol. The molecule has 6 heteroatoms. The maximum atomic E-state index is 6.13. The van der Waals surface area contributed by atoms with Crippen LogP contribution in [0.1, 0.15) is 47.8 Å². The Kier molecular flexibility index (Phi) is 2.25. The van der Waals surface area contributed by atoms with E-state index < -0.39 is 0 Å². The number of nitrogens with zero attached hydrogens (tertiary/aromatic N) is 4. The summed E-state index contributed by atoms with van der Waals surface area (Å²) in [6, 6.07) is -0.361. The van der Waals surface area contributed by atoms with Crippen molar-refractivity contribution < 1.29 is 4.52 Å². The van der Waals surface area contributed by atoms with E-state index in [1.807, 2.05) is 20.2 Å². The lowest BCUT2D eigenvalue weighted by Gasteiger charge is -2.04. The number of hydrogen-bond donors (Lipinski definition) is 1. The van der Waals surface area contributed by atoms with E-state index in [4.69, 9.17) is 10.3 Å². The number of aromatic nitrogens is 4. The quantitative estimate of drug-likeness (QED) is 0.856. The smallest absolute Gasteiger partial charge is 0.229 e.